The molecule has 0 saturated heterocycles. The summed E-state index contributed by atoms with van der Waals surface area (Å²) < 4.78 is 0. The highest BCUT2D eigenvalue weighted by atomic mass is 15.2. The summed E-state index contributed by atoms with van der Waals surface area (Å²) >= 11 is 0. The van der Waals surface area contributed by atoms with Crippen LogP contribution in [0.15, 0.2) is 165 Å². The summed E-state index contributed by atoms with van der Waals surface area (Å²) in [4.78, 5) is 2.10. The zero-order valence-electron chi connectivity index (χ0n) is 17.0. The maximum Gasteiger partial charge on any atom is 0.0533 e. The van der Waals surface area contributed by atoms with Gasteiger partial charge in [-0.3, -0.25) is 0 Å². The number of nitrogens with zero attached hydrogens (tertiary/aromatic N) is 1. The van der Waals surface area contributed by atoms with E-state index in [4.69, 9.17) is 0 Å². The van der Waals surface area contributed by atoms with E-state index in [2.05, 4.69) is 44.4 Å². The molecule has 0 saturated carbocycles. The molecule has 0 N–H and O–H groups in total. The molecule has 0 bridgehead atoms. The normalized spacial score (nSPS) is 13.0. The van der Waals surface area contributed by atoms with Crippen molar-refractivity contribution in [2.45, 2.75) is 0 Å². The second kappa shape index (κ2) is 13.3. The predicted molar refractivity (Wildman–Crippen MR) is 132 cm³/mol. The summed E-state index contributed by atoms with van der Waals surface area (Å²) in [6.45, 7) is 23.4. The number of hydrogen-bond acceptors (Lipinski definition) is 1. The van der Waals surface area contributed by atoms with Crippen molar-refractivity contribution >= 4 is 5.69 Å². The zero-order valence-corrected chi connectivity index (χ0v) is 17.0. The number of benzene rings is 1. The molecule has 0 fully saturated rings. The van der Waals surface area contributed by atoms with Crippen LogP contribution in [0, 0.1) is 0 Å². The van der Waals surface area contributed by atoms with Gasteiger partial charge in [-0.05, 0) is 35.9 Å². The summed E-state index contributed by atoms with van der Waals surface area (Å²) in [7, 11) is 0. The van der Waals surface area contributed by atoms with Crippen LogP contribution in [0.3, 0.4) is 0 Å². The van der Waals surface area contributed by atoms with Gasteiger partial charge < -0.3 is 4.90 Å². The van der Waals surface area contributed by atoms with E-state index in [1.54, 1.807) is 24.3 Å². The van der Waals surface area contributed by atoms with Crippen molar-refractivity contribution in [3.8, 4) is 0 Å². The third kappa shape index (κ3) is 6.67. The van der Waals surface area contributed by atoms with Gasteiger partial charge in [-0.1, -0.05) is 112 Å². The first kappa shape index (κ1) is 23.2. The Morgan fingerprint density at radius 1 is 0.690 bits per heavy atom. The van der Waals surface area contributed by atoms with Crippen molar-refractivity contribution in [3.05, 3.63) is 165 Å². The highest BCUT2D eigenvalue weighted by molar-refractivity contribution is 5.67. The molecule has 0 aliphatic carbocycles. The molecule has 0 spiro atoms. The molecule has 29 heavy (non-hydrogen) atoms. The molecule has 0 unspecified atom stereocenters. The summed E-state index contributed by atoms with van der Waals surface area (Å²) in [5.74, 6) is 0. The van der Waals surface area contributed by atoms with Crippen LogP contribution in [0.2, 0.25) is 0 Å². The highest BCUT2D eigenvalue weighted by Gasteiger charge is 2.17. The van der Waals surface area contributed by atoms with Gasteiger partial charge in [0.2, 0.25) is 0 Å². The van der Waals surface area contributed by atoms with Gasteiger partial charge >= 0.3 is 0 Å². The summed E-state index contributed by atoms with van der Waals surface area (Å²) in [5.41, 5.74) is 4.61. The molecule has 1 heteroatoms. The zero-order chi connectivity index (χ0) is 21.5. The maximum atomic E-state index is 4.08. The van der Waals surface area contributed by atoms with Crippen LogP contribution in [0.1, 0.15) is 0 Å². The molecule has 1 rings (SSSR count). The molecule has 0 aromatic heterocycles. The number of allylic oxidation sites excluding steroid dienone is 14. The van der Waals surface area contributed by atoms with Gasteiger partial charge in [0.15, 0.2) is 0 Å². The lowest BCUT2D eigenvalue weighted by atomic mass is 10.0. The first-order valence-corrected chi connectivity index (χ1v) is 9.26. The number of anilines is 1. The van der Waals surface area contributed by atoms with Gasteiger partial charge in [-0.2, -0.15) is 0 Å². The minimum atomic E-state index is 0.870. The van der Waals surface area contributed by atoms with Gasteiger partial charge in [-0.25, -0.2) is 0 Å². The van der Waals surface area contributed by atoms with Crippen molar-refractivity contribution in [3.63, 3.8) is 0 Å². The monoisotopic (exact) mass is 379 g/mol. The second-order valence-electron chi connectivity index (χ2n) is 5.75. The topological polar surface area (TPSA) is 3.24 Å². The molecule has 1 nitrogen and oxygen atoms in total. The molecular formula is C28H29N. The fourth-order valence-corrected chi connectivity index (χ4v) is 2.72. The molecule has 0 aliphatic rings. The van der Waals surface area contributed by atoms with Crippen LogP contribution in [0.25, 0.3) is 0 Å². The van der Waals surface area contributed by atoms with Crippen LogP contribution in [-0.4, -0.2) is 0 Å². The Morgan fingerprint density at radius 2 is 1.31 bits per heavy atom. The quantitative estimate of drug-likeness (QED) is 0.335. The summed E-state index contributed by atoms with van der Waals surface area (Å²) in [6, 6.07) is 10.1. The van der Waals surface area contributed by atoms with E-state index in [1.807, 2.05) is 78.9 Å². The molecule has 1 aromatic carbocycles. The van der Waals surface area contributed by atoms with Gasteiger partial charge in [0.1, 0.15) is 0 Å². The molecule has 0 atom stereocenters. The third-order valence-corrected chi connectivity index (χ3v) is 3.90. The van der Waals surface area contributed by atoms with E-state index < -0.39 is 0 Å². The fourth-order valence-electron chi connectivity index (χ4n) is 2.72. The number of para-hydroxylation sites is 1. The Bertz CT molecular complexity index is 899. The molecule has 1 aromatic rings. The molecule has 0 radical (unpaired) electrons. The van der Waals surface area contributed by atoms with Crippen molar-refractivity contribution in [1.29, 1.82) is 0 Å². The van der Waals surface area contributed by atoms with E-state index in [0.717, 1.165) is 28.2 Å². The fraction of sp³-hybridized carbons (Fsp3) is 0. The van der Waals surface area contributed by atoms with Crippen LogP contribution in [-0.2, 0) is 0 Å². The number of rotatable bonds is 12. The Labute approximate surface area is 176 Å². The largest absolute Gasteiger partial charge is 0.310 e. The van der Waals surface area contributed by atoms with Crippen LogP contribution in [0.4, 0.5) is 5.69 Å². The molecule has 0 amide bonds. The average Bonchev–Trinajstić information content (AvgIpc) is 2.75. The van der Waals surface area contributed by atoms with Crippen LogP contribution >= 0.6 is 0 Å². The van der Waals surface area contributed by atoms with E-state index >= 15 is 0 Å². The van der Waals surface area contributed by atoms with E-state index in [1.165, 1.54) is 0 Å². The van der Waals surface area contributed by atoms with Crippen molar-refractivity contribution in [1.82, 2.24) is 0 Å². The predicted octanol–water partition coefficient (Wildman–Crippen LogP) is 7.79. The smallest absolute Gasteiger partial charge is 0.0533 e. The maximum absolute atomic E-state index is 4.08. The Balaban J connectivity index is 3.92. The summed E-state index contributed by atoms with van der Waals surface area (Å²) in [5, 5.41) is 0. The lowest BCUT2D eigenvalue weighted by molar-refractivity contribution is 1.12. The van der Waals surface area contributed by atoms with Crippen LogP contribution < -0.4 is 4.90 Å². The van der Waals surface area contributed by atoms with E-state index in [9.17, 15) is 0 Å². The van der Waals surface area contributed by atoms with Gasteiger partial charge in [-0.15, -0.1) is 0 Å². The first-order valence-electron chi connectivity index (χ1n) is 9.26. The minimum absolute atomic E-state index is 0.870. The van der Waals surface area contributed by atoms with E-state index in [-0.39, 0.29) is 0 Å². The van der Waals surface area contributed by atoms with Gasteiger partial charge in [0.05, 0.1) is 5.70 Å². The minimum Gasteiger partial charge on any atom is -0.310 e. The Hall–Kier alpha value is -3.84. The third-order valence-electron chi connectivity index (χ3n) is 3.90. The second-order valence-corrected chi connectivity index (χ2v) is 5.75. The van der Waals surface area contributed by atoms with E-state index in [0.29, 0.717) is 0 Å². The molecular weight excluding hydrogens is 350 g/mol. The van der Waals surface area contributed by atoms with Gasteiger partial charge in [0.25, 0.3) is 0 Å². The molecule has 0 heterocycles. The molecule has 0 aliphatic heterocycles. The Morgan fingerprint density at radius 3 is 1.83 bits per heavy atom. The first-order chi connectivity index (χ1) is 14.2. The number of hydrogen-bond donors (Lipinski definition) is 0. The average molecular weight is 380 g/mol. The lowest BCUT2D eigenvalue weighted by Crippen LogP contribution is -2.21. The van der Waals surface area contributed by atoms with Crippen LogP contribution in [0.5, 0.6) is 0 Å². The summed E-state index contributed by atoms with van der Waals surface area (Å²) in [6.07, 6.45) is 22.2. The van der Waals surface area contributed by atoms with Crippen molar-refractivity contribution < 1.29 is 0 Å². The Kier molecular flexibility index (Phi) is 10.7. The lowest BCUT2D eigenvalue weighted by Gasteiger charge is -2.29. The SMILES string of the molecule is C=C\C=C/C(=C\C=C)C(/C=C)=C(/C=C)N(C(/C=C\C=C)=C/C=C)c1ccccc1. The van der Waals surface area contributed by atoms with Crippen molar-refractivity contribution in [2.75, 3.05) is 4.90 Å². The van der Waals surface area contributed by atoms with Gasteiger partial charge in [0, 0.05) is 17.0 Å². The standard InChI is InChI=1S/C28H29N/c1-7-13-20-24(18-9-3)27(11-5)28(12-6)29(26-22-16-15-17-23-26)25(19-10-4)21-14-8-2/h7-23H,1-6H2/b20-13-,21-14-,24-18+,25-19+,28-27-. The highest BCUT2D eigenvalue weighted by Crippen LogP contribution is 2.31. The van der Waals surface area contributed by atoms with Crippen molar-refractivity contribution in [2.24, 2.45) is 0 Å². The molecule has 146 valence electrons.